The number of rotatable bonds is 4. The molecule has 1 aromatic rings. The summed E-state index contributed by atoms with van der Waals surface area (Å²) in [5.74, 6) is 0.185. The number of para-hydroxylation sites is 1. The second kappa shape index (κ2) is 7.84. The van der Waals surface area contributed by atoms with Gasteiger partial charge in [0.1, 0.15) is 11.4 Å². The van der Waals surface area contributed by atoms with E-state index in [1.165, 1.54) is 0 Å². The highest BCUT2D eigenvalue weighted by Crippen LogP contribution is 2.32. The smallest absolute Gasteiger partial charge is 0.411 e. The molecule has 0 aliphatic carbocycles. The van der Waals surface area contributed by atoms with Crippen LogP contribution in [-0.2, 0) is 15.9 Å². The highest BCUT2D eigenvalue weighted by atomic mass is 19.3. The van der Waals surface area contributed by atoms with Crippen molar-refractivity contribution in [3.63, 3.8) is 0 Å². The minimum absolute atomic E-state index is 0.123. The monoisotopic (exact) mass is 381 g/mol. The van der Waals surface area contributed by atoms with Crippen LogP contribution in [0.5, 0.6) is 5.75 Å². The van der Waals surface area contributed by atoms with Crippen LogP contribution in [0.1, 0.15) is 32.8 Å². The van der Waals surface area contributed by atoms with Gasteiger partial charge in [-0.3, -0.25) is 4.90 Å². The Morgan fingerprint density at radius 2 is 2.04 bits per heavy atom. The number of carbonyl (C=O) groups excluding carboxylic acids is 1. The summed E-state index contributed by atoms with van der Waals surface area (Å²) in [6, 6.07) is 6.46. The number of nitrogens with zero attached hydrogens (tertiary/aromatic N) is 1. The van der Waals surface area contributed by atoms with E-state index in [4.69, 9.17) is 9.47 Å². The summed E-state index contributed by atoms with van der Waals surface area (Å²) in [5.41, 5.74) is 1.22. The van der Waals surface area contributed by atoms with Gasteiger partial charge in [-0.1, -0.05) is 29.8 Å². The van der Waals surface area contributed by atoms with Gasteiger partial charge in [0, 0.05) is 0 Å². The molecule has 1 fully saturated rings. The van der Waals surface area contributed by atoms with E-state index in [0.717, 1.165) is 5.57 Å². The highest BCUT2D eigenvalue weighted by Gasteiger charge is 2.39. The zero-order valence-corrected chi connectivity index (χ0v) is 15.8. The fraction of sp³-hybridized carbons (Fsp3) is 0.550. The molecule has 0 aromatic heterocycles. The first-order valence-electron chi connectivity index (χ1n) is 9.04. The molecule has 0 saturated carbocycles. The average molecular weight is 381 g/mol. The van der Waals surface area contributed by atoms with Gasteiger partial charge >= 0.3 is 12.7 Å². The standard InChI is InChI=1S/C20H25F2NO4/c1-20(2,3)27-19(24)23-15-9-13(10-16(23)12-25-11-15)8-14-6-4-5-7-17(14)26-18(21)22/h4-7,9,15-16,18H,8,10-12H2,1-3H3. The van der Waals surface area contributed by atoms with Crippen molar-refractivity contribution in [2.45, 2.75) is 57.9 Å². The molecule has 2 heterocycles. The van der Waals surface area contributed by atoms with Crippen molar-refractivity contribution in [1.82, 2.24) is 4.90 Å². The van der Waals surface area contributed by atoms with Crippen LogP contribution < -0.4 is 4.74 Å². The number of carbonyl (C=O) groups is 1. The third-order valence-corrected chi connectivity index (χ3v) is 4.49. The van der Waals surface area contributed by atoms with Crippen molar-refractivity contribution >= 4 is 6.09 Å². The summed E-state index contributed by atoms with van der Waals surface area (Å²) in [6.07, 6.45) is 2.74. The Hall–Kier alpha value is -2.15. The number of halogens is 2. The second-order valence-corrected chi connectivity index (χ2v) is 7.84. The van der Waals surface area contributed by atoms with Gasteiger partial charge in [0.15, 0.2) is 0 Å². The summed E-state index contributed by atoms with van der Waals surface area (Å²) in [4.78, 5) is 14.3. The fourth-order valence-electron chi connectivity index (χ4n) is 3.52. The van der Waals surface area contributed by atoms with Crippen molar-refractivity contribution in [2.24, 2.45) is 0 Å². The lowest BCUT2D eigenvalue weighted by molar-refractivity contribution is -0.0543. The van der Waals surface area contributed by atoms with E-state index in [2.05, 4.69) is 4.74 Å². The molecular weight excluding hydrogens is 356 g/mol. The number of benzene rings is 1. The predicted molar refractivity (Wildman–Crippen MR) is 95.9 cm³/mol. The Balaban J connectivity index is 1.77. The van der Waals surface area contributed by atoms with Crippen LogP contribution in [0.15, 0.2) is 35.9 Å². The number of ether oxygens (including phenoxy) is 3. The third kappa shape index (κ3) is 4.97. The number of morpholine rings is 1. The molecule has 7 heteroatoms. The van der Waals surface area contributed by atoms with Gasteiger partial charge in [0.05, 0.1) is 25.3 Å². The second-order valence-electron chi connectivity index (χ2n) is 7.84. The van der Waals surface area contributed by atoms with E-state index in [0.29, 0.717) is 31.6 Å². The van der Waals surface area contributed by atoms with E-state index < -0.39 is 12.2 Å². The Morgan fingerprint density at radius 1 is 1.30 bits per heavy atom. The molecule has 27 heavy (non-hydrogen) atoms. The lowest BCUT2D eigenvalue weighted by atomic mass is 9.90. The summed E-state index contributed by atoms with van der Waals surface area (Å²) in [6.45, 7) is 3.48. The number of hydrogen-bond acceptors (Lipinski definition) is 4. The minimum atomic E-state index is -2.86. The molecule has 1 aromatic carbocycles. The molecule has 2 aliphatic rings. The van der Waals surface area contributed by atoms with Gasteiger partial charge in [-0.05, 0) is 45.2 Å². The Bertz CT molecular complexity index is 714. The molecule has 1 saturated heterocycles. The van der Waals surface area contributed by atoms with Crippen LogP contribution in [0, 0.1) is 0 Å². The summed E-state index contributed by atoms with van der Waals surface area (Å²) in [7, 11) is 0. The van der Waals surface area contributed by atoms with Gasteiger partial charge in [0.25, 0.3) is 0 Å². The lowest BCUT2D eigenvalue weighted by Crippen LogP contribution is -2.57. The highest BCUT2D eigenvalue weighted by molar-refractivity contribution is 5.70. The molecule has 0 radical (unpaired) electrons. The van der Waals surface area contributed by atoms with E-state index in [9.17, 15) is 13.6 Å². The Morgan fingerprint density at radius 3 is 2.70 bits per heavy atom. The molecule has 2 bridgehead atoms. The van der Waals surface area contributed by atoms with Crippen LogP contribution >= 0.6 is 0 Å². The van der Waals surface area contributed by atoms with Crippen LogP contribution in [0.25, 0.3) is 0 Å². The van der Waals surface area contributed by atoms with Gasteiger partial charge in [0.2, 0.25) is 0 Å². The van der Waals surface area contributed by atoms with E-state index >= 15 is 0 Å². The summed E-state index contributed by atoms with van der Waals surface area (Å²) < 4.78 is 41.0. The maximum atomic E-state index is 12.6. The molecule has 2 atom stereocenters. The number of amides is 1. The van der Waals surface area contributed by atoms with Crippen molar-refractivity contribution in [1.29, 1.82) is 0 Å². The van der Waals surface area contributed by atoms with E-state index in [1.54, 1.807) is 29.2 Å². The van der Waals surface area contributed by atoms with Crippen molar-refractivity contribution in [2.75, 3.05) is 13.2 Å². The molecule has 0 N–H and O–H groups in total. The van der Waals surface area contributed by atoms with Crippen molar-refractivity contribution in [3.05, 3.63) is 41.5 Å². The Kier molecular flexibility index (Phi) is 5.69. The molecule has 2 aliphatic heterocycles. The molecule has 5 nitrogen and oxygen atoms in total. The maximum Gasteiger partial charge on any atom is 0.411 e. The van der Waals surface area contributed by atoms with Gasteiger partial charge in [-0.15, -0.1) is 0 Å². The van der Waals surface area contributed by atoms with E-state index in [-0.39, 0.29) is 23.9 Å². The average Bonchev–Trinajstić information content (AvgIpc) is 2.53. The van der Waals surface area contributed by atoms with Gasteiger partial charge < -0.3 is 14.2 Å². The summed E-state index contributed by atoms with van der Waals surface area (Å²) in [5, 5.41) is 0. The lowest BCUT2D eigenvalue weighted by Gasteiger charge is -2.44. The number of hydrogen-bond donors (Lipinski definition) is 0. The van der Waals surface area contributed by atoms with Crippen molar-refractivity contribution in [3.8, 4) is 5.75 Å². The molecule has 0 spiro atoms. The maximum absolute atomic E-state index is 12.6. The van der Waals surface area contributed by atoms with Crippen molar-refractivity contribution < 1.29 is 27.8 Å². The summed E-state index contributed by atoms with van der Waals surface area (Å²) >= 11 is 0. The molecule has 2 unspecified atom stereocenters. The van der Waals surface area contributed by atoms with E-state index in [1.807, 2.05) is 26.8 Å². The van der Waals surface area contributed by atoms with Crippen LogP contribution in [0.3, 0.4) is 0 Å². The molecule has 1 amide bonds. The minimum Gasteiger partial charge on any atom is -0.444 e. The Labute approximate surface area is 157 Å². The molecule has 3 rings (SSSR count). The molecular formula is C20H25F2NO4. The van der Waals surface area contributed by atoms with Crippen LogP contribution in [0.2, 0.25) is 0 Å². The topological polar surface area (TPSA) is 48.0 Å². The fourth-order valence-corrected chi connectivity index (χ4v) is 3.52. The number of alkyl halides is 2. The van der Waals surface area contributed by atoms with Gasteiger partial charge in [-0.25, -0.2) is 4.79 Å². The largest absolute Gasteiger partial charge is 0.444 e. The first-order valence-corrected chi connectivity index (χ1v) is 9.04. The first-order chi connectivity index (χ1) is 12.7. The molecule has 148 valence electrons. The van der Waals surface area contributed by atoms with Gasteiger partial charge in [-0.2, -0.15) is 8.78 Å². The predicted octanol–water partition coefficient (Wildman–Crippen LogP) is 4.17. The number of fused-ring (bicyclic) bond motifs is 2. The first kappa shape index (κ1) is 19.6. The SMILES string of the molecule is CC(C)(C)OC(=O)N1C2C=C(Cc3ccccc3OC(F)F)CC1COC2. The zero-order valence-electron chi connectivity index (χ0n) is 15.8. The third-order valence-electron chi connectivity index (χ3n) is 4.49. The quantitative estimate of drug-likeness (QED) is 0.735. The van der Waals surface area contributed by atoms with Crippen LogP contribution in [-0.4, -0.2) is 48.5 Å². The normalized spacial score (nSPS) is 22.4. The zero-order chi connectivity index (χ0) is 19.6. The van der Waals surface area contributed by atoms with Crippen LogP contribution in [0.4, 0.5) is 13.6 Å².